The first kappa shape index (κ1) is 26.6. The van der Waals surface area contributed by atoms with E-state index in [4.69, 9.17) is 16.6 Å². The minimum Gasteiger partial charge on any atom is -0.480 e. The van der Waals surface area contributed by atoms with Crippen molar-refractivity contribution in [2.24, 2.45) is 17.4 Å². The molecule has 4 amide bonds. The molecule has 0 aromatic heterocycles. The Balaban J connectivity index is 2.66. The first-order chi connectivity index (χ1) is 15.0. The van der Waals surface area contributed by atoms with E-state index in [9.17, 15) is 24.0 Å². The zero-order chi connectivity index (χ0) is 24.3. The highest BCUT2D eigenvalue weighted by molar-refractivity contribution is 5.93. The Bertz CT molecular complexity index is 814. The molecule has 11 heteroatoms. The molecule has 1 aromatic carbocycles. The van der Waals surface area contributed by atoms with Crippen LogP contribution in [0.2, 0.25) is 0 Å². The van der Waals surface area contributed by atoms with Gasteiger partial charge < -0.3 is 32.5 Å². The van der Waals surface area contributed by atoms with E-state index < -0.39 is 60.7 Å². The second-order valence-corrected chi connectivity index (χ2v) is 7.83. The number of carbonyl (C=O) groups excluding carboxylic acids is 4. The Morgan fingerprint density at radius 3 is 2.12 bits per heavy atom. The molecule has 176 valence electrons. The quantitative estimate of drug-likeness (QED) is 0.214. The third-order valence-corrected chi connectivity index (χ3v) is 4.44. The Hall–Kier alpha value is -3.47. The van der Waals surface area contributed by atoms with Gasteiger partial charge in [0.25, 0.3) is 0 Å². The highest BCUT2D eigenvalue weighted by Crippen LogP contribution is 2.07. The van der Waals surface area contributed by atoms with E-state index in [0.29, 0.717) is 12.8 Å². The molecule has 0 saturated heterocycles. The van der Waals surface area contributed by atoms with Gasteiger partial charge in [0, 0.05) is 0 Å². The largest absolute Gasteiger partial charge is 0.480 e. The first-order valence-corrected chi connectivity index (χ1v) is 10.2. The molecule has 0 spiro atoms. The summed E-state index contributed by atoms with van der Waals surface area (Å²) in [5, 5.41) is 16.1. The van der Waals surface area contributed by atoms with E-state index in [1.807, 2.05) is 44.2 Å². The fourth-order valence-electron chi connectivity index (χ4n) is 2.88. The average molecular weight is 450 g/mol. The lowest BCUT2D eigenvalue weighted by Crippen LogP contribution is -2.54. The second kappa shape index (κ2) is 13.1. The third-order valence-electron chi connectivity index (χ3n) is 4.44. The van der Waals surface area contributed by atoms with Crippen LogP contribution in [0.3, 0.4) is 0 Å². The highest BCUT2D eigenvalue weighted by Gasteiger charge is 2.26. The van der Waals surface area contributed by atoms with Crippen molar-refractivity contribution in [2.75, 3.05) is 6.54 Å². The number of carbonyl (C=O) groups is 5. The second-order valence-electron chi connectivity index (χ2n) is 7.83. The summed E-state index contributed by atoms with van der Waals surface area (Å²) in [6, 6.07) is 5.89. The predicted octanol–water partition coefficient (Wildman–Crippen LogP) is -1.35. The summed E-state index contributed by atoms with van der Waals surface area (Å²) >= 11 is 0. The number of nitrogens with two attached hydrogens (primary N) is 2. The molecule has 3 unspecified atom stereocenters. The smallest absolute Gasteiger partial charge is 0.326 e. The van der Waals surface area contributed by atoms with Crippen molar-refractivity contribution in [1.82, 2.24) is 16.0 Å². The molecule has 0 saturated carbocycles. The van der Waals surface area contributed by atoms with Crippen LogP contribution >= 0.6 is 0 Å². The van der Waals surface area contributed by atoms with Crippen molar-refractivity contribution in [3.63, 3.8) is 0 Å². The van der Waals surface area contributed by atoms with Gasteiger partial charge in [-0.3, -0.25) is 19.2 Å². The fraction of sp³-hybridized carbons (Fsp3) is 0.476. The Labute approximate surface area is 186 Å². The van der Waals surface area contributed by atoms with Gasteiger partial charge in [0.05, 0.1) is 19.0 Å². The Morgan fingerprint density at radius 1 is 0.969 bits per heavy atom. The van der Waals surface area contributed by atoms with Crippen LogP contribution in [0.15, 0.2) is 30.3 Å². The van der Waals surface area contributed by atoms with Gasteiger partial charge in [-0.1, -0.05) is 44.2 Å². The molecule has 0 aliphatic heterocycles. The molecule has 0 heterocycles. The van der Waals surface area contributed by atoms with Crippen LogP contribution in [0.5, 0.6) is 0 Å². The summed E-state index contributed by atoms with van der Waals surface area (Å²) in [5.74, 6) is -4.21. The van der Waals surface area contributed by atoms with Gasteiger partial charge in [0.1, 0.15) is 12.1 Å². The lowest BCUT2D eigenvalue weighted by molar-refractivity contribution is -0.143. The van der Waals surface area contributed by atoms with Crippen LogP contribution in [0.4, 0.5) is 0 Å². The predicted molar refractivity (Wildman–Crippen MR) is 116 cm³/mol. The zero-order valence-electron chi connectivity index (χ0n) is 18.2. The maximum absolute atomic E-state index is 12.6. The molecule has 8 N–H and O–H groups in total. The molecule has 0 radical (unpaired) electrons. The number of amides is 4. The van der Waals surface area contributed by atoms with Gasteiger partial charge in [0.15, 0.2) is 0 Å². The number of nitrogens with one attached hydrogen (secondary N) is 3. The van der Waals surface area contributed by atoms with E-state index >= 15 is 0 Å². The van der Waals surface area contributed by atoms with E-state index in [-0.39, 0.29) is 5.92 Å². The molecule has 0 bridgehead atoms. The number of carboxylic acid groups (broad SMARTS) is 1. The molecule has 0 aliphatic carbocycles. The van der Waals surface area contributed by atoms with Crippen molar-refractivity contribution >= 4 is 29.6 Å². The van der Waals surface area contributed by atoms with E-state index in [1.54, 1.807) is 0 Å². The van der Waals surface area contributed by atoms with Gasteiger partial charge in [-0.2, -0.15) is 0 Å². The van der Waals surface area contributed by atoms with Crippen molar-refractivity contribution in [2.45, 2.75) is 51.2 Å². The van der Waals surface area contributed by atoms with Crippen molar-refractivity contribution in [3.8, 4) is 0 Å². The minimum absolute atomic E-state index is 0.0529. The molecule has 0 fully saturated rings. The van der Waals surface area contributed by atoms with E-state index in [0.717, 1.165) is 5.56 Å². The Kier molecular flexibility index (Phi) is 10.8. The van der Waals surface area contributed by atoms with Crippen LogP contribution in [0, 0.1) is 5.92 Å². The molecular formula is C21H31N5O6. The lowest BCUT2D eigenvalue weighted by atomic mass is 10.0. The normalized spacial score (nSPS) is 13.5. The van der Waals surface area contributed by atoms with E-state index in [1.165, 1.54) is 0 Å². The standard InChI is InChI=1S/C21H31N5O6/c1-12(2)8-15(26-19(29)14(22)9-13-6-4-3-5-7-13)20(30)24-11-18(28)25-16(21(31)32)10-17(23)27/h3-7,12,14-16H,8-11,22H2,1-2H3,(H2,23,27)(H,24,30)(H,25,28)(H,26,29)(H,31,32). The number of rotatable bonds is 13. The summed E-state index contributed by atoms with van der Waals surface area (Å²) in [7, 11) is 0. The number of hydrogen-bond donors (Lipinski definition) is 6. The molecular weight excluding hydrogens is 418 g/mol. The van der Waals surface area contributed by atoms with Gasteiger partial charge >= 0.3 is 5.97 Å². The van der Waals surface area contributed by atoms with Crippen molar-refractivity contribution in [1.29, 1.82) is 0 Å². The van der Waals surface area contributed by atoms with E-state index in [2.05, 4.69) is 16.0 Å². The topological polar surface area (TPSA) is 194 Å². The highest BCUT2D eigenvalue weighted by atomic mass is 16.4. The molecule has 0 aliphatic rings. The molecule has 11 nitrogen and oxygen atoms in total. The van der Waals surface area contributed by atoms with Gasteiger partial charge in [0.2, 0.25) is 23.6 Å². The third kappa shape index (κ3) is 10.0. The molecule has 3 atom stereocenters. The average Bonchev–Trinajstić information content (AvgIpc) is 2.70. The zero-order valence-corrected chi connectivity index (χ0v) is 18.2. The molecule has 32 heavy (non-hydrogen) atoms. The number of carboxylic acids is 1. The van der Waals surface area contributed by atoms with Crippen LogP contribution in [0.25, 0.3) is 0 Å². The summed E-state index contributed by atoms with van der Waals surface area (Å²) in [6.07, 6.45) is 0.0125. The number of hydrogen-bond acceptors (Lipinski definition) is 6. The lowest BCUT2D eigenvalue weighted by Gasteiger charge is -2.22. The summed E-state index contributed by atoms with van der Waals surface area (Å²) in [4.78, 5) is 59.0. The fourth-order valence-corrected chi connectivity index (χ4v) is 2.88. The summed E-state index contributed by atoms with van der Waals surface area (Å²) in [6.45, 7) is 3.19. The number of primary amides is 1. The molecule has 1 rings (SSSR count). The van der Waals surface area contributed by atoms with Crippen molar-refractivity contribution in [3.05, 3.63) is 35.9 Å². The van der Waals surface area contributed by atoms with Gasteiger partial charge in [-0.25, -0.2) is 4.79 Å². The molecule has 1 aromatic rings. The summed E-state index contributed by atoms with van der Waals surface area (Å²) < 4.78 is 0. The van der Waals surface area contributed by atoms with Crippen LogP contribution in [0.1, 0.15) is 32.3 Å². The minimum atomic E-state index is -1.50. The number of aliphatic carboxylic acids is 1. The number of benzene rings is 1. The Morgan fingerprint density at radius 2 is 1.59 bits per heavy atom. The van der Waals surface area contributed by atoms with Crippen molar-refractivity contribution < 1.29 is 29.1 Å². The monoisotopic (exact) mass is 449 g/mol. The first-order valence-electron chi connectivity index (χ1n) is 10.2. The van der Waals surface area contributed by atoms with Gasteiger partial charge in [-0.15, -0.1) is 0 Å². The maximum Gasteiger partial charge on any atom is 0.326 e. The van der Waals surface area contributed by atoms with Gasteiger partial charge in [-0.05, 0) is 24.3 Å². The van der Waals surface area contributed by atoms with Crippen LogP contribution in [-0.4, -0.2) is 59.4 Å². The van der Waals surface area contributed by atoms with Crippen LogP contribution < -0.4 is 27.4 Å². The summed E-state index contributed by atoms with van der Waals surface area (Å²) in [5.41, 5.74) is 11.8. The SMILES string of the molecule is CC(C)CC(NC(=O)C(N)Cc1ccccc1)C(=O)NCC(=O)NC(CC(N)=O)C(=O)O. The van der Waals surface area contributed by atoms with Crippen LogP contribution in [-0.2, 0) is 30.4 Å². The maximum atomic E-state index is 12.6.